The van der Waals surface area contributed by atoms with Crippen LogP contribution >= 0.6 is 11.6 Å². The third-order valence-electron chi connectivity index (χ3n) is 4.63. The Morgan fingerprint density at radius 3 is 2.62 bits per heavy atom. The fourth-order valence-corrected chi connectivity index (χ4v) is 3.59. The lowest BCUT2D eigenvalue weighted by Gasteiger charge is -2.06. The fraction of sp³-hybridized carbons (Fsp3) is 0.0455. The van der Waals surface area contributed by atoms with Crippen molar-refractivity contribution in [2.24, 2.45) is 7.05 Å². The zero-order valence-electron chi connectivity index (χ0n) is 15.3. The van der Waals surface area contributed by atoms with Crippen LogP contribution < -0.4 is 5.32 Å². The first kappa shape index (κ1) is 18.5. The van der Waals surface area contributed by atoms with Crippen LogP contribution in [0.25, 0.3) is 27.4 Å². The van der Waals surface area contributed by atoms with Crippen molar-refractivity contribution in [2.75, 3.05) is 5.32 Å². The van der Waals surface area contributed by atoms with Crippen LogP contribution in [0.4, 0.5) is 5.69 Å². The van der Waals surface area contributed by atoms with Crippen LogP contribution in [-0.2, 0) is 11.8 Å². The van der Waals surface area contributed by atoms with Crippen LogP contribution in [0.1, 0.15) is 5.69 Å². The predicted octanol–water partition coefficient (Wildman–Crippen LogP) is 4.81. The highest BCUT2D eigenvalue weighted by molar-refractivity contribution is 6.37. The van der Waals surface area contributed by atoms with E-state index in [0.29, 0.717) is 21.6 Å². The second-order valence-corrected chi connectivity index (χ2v) is 6.83. The number of amides is 1. The van der Waals surface area contributed by atoms with Crippen molar-refractivity contribution in [1.82, 2.24) is 9.78 Å². The van der Waals surface area contributed by atoms with E-state index in [9.17, 15) is 15.2 Å². The number of nitrogens with zero attached hydrogens (tertiary/aromatic N) is 3. The first-order valence-corrected chi connectivity index (χ1v) is 9.13. The molecule has 0 atom stereocenters. The summed E-state index contributed by atoms with van der Waals surface area (Å²) in [5.41, 5.74) is 0.939. The molecule has 0 aliphatic heterocycles. The summed E-state index contributed by atoms with van der Waals surface area (Å²) < 4.78 is 1.58. The molecule has 142 valence electrons. The second-order valence-electron chi connectivity index (χ2n) is 6.43. The summed E-state index contributed by atoms with van der Waals surface area (Å²) >= 11 is 6.40. The summed E-state index contributed by atoms with van der Waals surface area (Å²) in [5.74, 6) is -1.20. The molecule has 6 nitrogen and oxygen atoms in total. The number of nitrogens with one attached hydrogen (secondary N) is 1. The molecule has 0 radical (unpaired) electrons. The number of nitriles is 1. The number of hydrogen-bond donors (Lipinski definition) is 2. The standard InChI is InChI=1S/C22H15ClN4O2/c1-27-20-15(11-10-13-6-5-9-17(23)18(13)20)19(26-27)21(28)16(12-24)22(29)25-14-7-3-2-4-8-14/h2-11,28H,1H3,(H,25,29). The van der Waals surface area contributed by atoms with Crippen LogP contribution in [-0.4, -0.2) is 20.8 Å². The molecule has 2 N–H and O–H groups in total. The van der Waals surface area contributed by atoms with E-state index in [-0.39, 0.29) is 5.69 Å². The highest BCUT2D eigenvalue weighted by atomic mass is 35.5. The van der Waals surface area contributed by atoms with Crippen LogP contribution in [0, 0.1) is 11.3 Å². The molecule has 0 fully saturated rings. The highest BCUT2D eigenvalue weighted by Gasteiger charge is 2.22. The Bertz CT molecular complexity index is 1330. The molecule has 0 unspecified atom stereocenters. The number of aryl methyl sites for hydroxylation is 1. The van der Waals surface area contributed by atoms with Crippen molar-refractivity contribution in [3.63, 3.8) is 0 Å². The highest BCUT2D eigenvalue weighted by Crippen LogP contribution is 2.34. The van der Waals surface area contributed by atoms with E-state index >= 15 is 0 Å². The molecule has 3 aromatic carbocycles. The Hall–Kier alpha value is -3.82. The van der Waals surface area contributed by atoms with Crippen molar-refractivity contribution >= 4 is 50.6 Å². The first-order valence-electron chi connectivity index (χ1n) is 8.75. The number of halogens is 1. The molecule has 0 saturated heterocycles. The van der Waals surface area contributed by atoms with E-state index in [2.05, 4.69) is 10.4 Å². The summed E-state index contributed by atoms with van der Waals surface area (Å²) in [6.45, 7) is 0. The number of anilines is 1. The number of fused-ring (bicyclic) bond motifs is 3. The number of carbonyl (C=O) groups is 1. The van der Waals surface area contributed by atoms with Gasteiger partial charge in [0, 0.05) is 23.5 Å². The Balaban J connectivity index is 1.87. The molecule has 0 bridgehead atoms. The van der Waals surface area contributed by atoms with E-state index in [1.54, 1.807) is 54.2 Å². The van der Waals surface area contributed by atoms with Crippen LogP contribution in [0.5, 0.6) is 0 Å². The maximum Gasteiger partial charge on any atom is 0.270 e. The lowest BCUT2D eigenvalue weighted by Crippen LogP contribution is -2.15. The maximum atomic E-state index is 12.6. The zero-order chi connectivity index (χ0) is 20.5. The normalized spacial score (nSPS) is 11.9. The van der Waals surface area contributed by atoms with Gasteiger partial charge in [0.1, 0.15) is 11.8 Å². The van der Waals surface area contributed by atoms with Crippen molar-refractivity contribution in [3.05, 3.63) is 77.0 Å². The number of hydrogen-bond acceptors (Lipinski definition) is 4. The number of aliphatic hydroxyl groups excluding tert-OH is 1. The van der Waals surface area contributed by atoms with E-state index in [1.165, 1.54) is 0 Å². The summed E-state index contributed by atoms with van der Waals surface area (Å²) in [7, 11) is 1.72. The SMILES string of the molecule is Cn1nc(C(O)=C(C#N)C(=O)Nc2ccccc2)c2ccc3cccc(Cl)c3c21. The van der Waals surface area contributed by atoms with Gasteiger partial charge in [-0.15, -0.1) is 0 Å². The summed E-state index contributed by atoms with van der Waals surface area (Å²) in [5, 5.41) is 30.1. The average molecular weight is 403 g/mol. The lowest BCUT2D eigenvalue weighted by atomic mass is 10.0. The first-order chi connectivity index (χ1) is 14.0. The number of aromatic nitrogens is 2. The van der Waals surface area contributed by atoms with Gasteiger partial charge in [-0.25, -0.2) is 0 Å². The average Bonchev–Trinajstić information content (AvgIpc) is 3.06. The summed E-state index contributed by atoms with van der Waals surface area (Å²) in [6.07, 6.45) is 0. The van der Waals surface area contributed by atoms with E-state index in [0.717, 1.165) is 10.8 Å². The van der Waals surface area contributed by atoms with Gasteiger partial charge in [-0.2, -0.15) is 10.4 Å². The molecule has 1 heterocycles. The third kappa shape index (κ3) is 3.18. The monoisotopic (exact) mass is 402 g/mol. The van der Waals surface area contributed by atoms with Gasteiger partial charge in [0.05, 0.1) is 10.5 Å². The van der Waals surface area contributed by atoms with Gasteiger partial charge in [-0.1, -0.05) is 48.0 Å². The van der Waals surface area contributed by atoms with Gasteiger partial charge in [0.25, 0.3) is 5.91 Å². The largest absolute Gasteiger partial charge is 0.504 e. The van der Waals surface area contributed by atoms with Crippen LogP contribution in [0.15, 0.2) is 66.2 Å². The number of rotatable bonds is 3. The van der Waals surface area contributed by atoms with E-state index in [1.807, 2.05) is 24.3 Å². The van der Waals surface area contributed by atoms with E-state index < -0.39 is 17.2 Å². The minimum absolute atomic E-state index is 0.143. The lowest BCUT2D eigenvalue weighted by molar-refractivity contribution is -0.112. The molecule has 4 rings (SSSR count). The second kappa shape index (κ2) is 7.30. The topological polar surface area (TPSA) is 90.9 Å². The van der Waals surface area contributed by atoms with Gasteiger partial charge in [-0.05, 0) is 29.7 Å². The Labute approximate surface area is 171 Å². The smallest absolute Gasteiger partial charge is 0.270 e. The number of carbonyl (C=O) groups excluding carboxylic acids is 1. The molecule has 29 heavy (non-hydrogen) atoms. The summed E-state index contributed by atoms with van der Waals surface area (Å²) in [4.78, 5) is 12.6. The quantitative estimate of drug-likeness (QED) is 0.292. The third-order valence-corrected chi connectivity index (χ3v) is 4.94. The van der Waals surface area contributed by atoms with Gasteiger partial charge in [0.2, 0.25) is 0 Å². The van der Waals surface area contributed by atoms with Crippen molar-refractivity contribution in [2.45, 2.75) is 0 Å². The molecule has 1 amide bonds. The molecule has 7 heteroatoms. The molecule has 0 aliphatic carbocycles. The van der Waals surface area contributed by atoms with Crippen molar-refractivity contribution in [3.8, 4) is 6.07 Å². The Morgan fingerprint density at radius 1 is 1.14 bits per heavy atom. The van der Waals surface area contributed by atoms with Gasteiger partial charge in [0.15, 0.2) is 11.3 Å². The molecule has 1 aromatic heterocycles. The van der Waals surface area contributed by atoms with Crippen molar-refractivity contribution < 1.29 is 9.90 Å². The predicted molar refractivity (Wildman–Crippen MR) is 113 cm³/mol. The number of para-hydroxylation sites is 1. The Morgan fingerprint density at radius 2 is 1.90 bits per heavy atom. The van der Waals surface area contributed by atoms with Crippen molar-refractivity contribution in [1.29, 1.82) is 5.26 Å². The molecule has 0 spiro atoms. The van der Waals surface area contributed by atoms with Crippen LogP contribution in [0.3, 0.4) is 0 Å². The minimum atomic E-state index is -0.714. The number of benzene rings is 3. The maximum absolute atomic E-state index is 12.6. The molecule has 0 aliphatic rings. The molecule has 0 saturated carbocycles. The summed E-state index contributed by atoms with van der Waals surface area (Å²) in [6, 6.07) is 19.7. The van der Waals surface area contributed by atoms with Gasteiger partial charge < -0.3 is 10.4 Å². The van der Waals surface area contributed by atoms with Gasteiger partial charge in [-0.3, -0.25) is 9.48 Å². The zero-order valence-corrected chi connectivity index (χ0v) is 16.1. The molecular weight excluding hydrogens is 388 g/mol. The Kier molecular flexibility index (Phi) is 4.67. The minimum Gasteiger partial charge on any atom is -0.504 e. The fourth-order valence-electron chi connectivity index (χ4n) is 3.32. The molecule has 4 aromatic rings. The van der Waals surface area contributed by atoms with Crippen LogP contribution in [0.2, 0.25) is 5.02 Å². The van der Waals surface area contributed by atoms with Gasteiger partial charge >= 0.3 is 0 Å². The molecular formula is C22H15ClN4O2. The van der Waals surface area contributed by atoms with E-state index in [4.69, 9.17) is 11.6 Å². The number of aliphatic hydroxyl groups is 1.